The molecule has 0 aliphatic rings. The fourth-order valence-corrected chi connectivity index (χ4v) is 4.00. The van der Waals surface area contributed by atoms with Gasteiger partial charge in [-0.1, -0.05) is 24.3 Å². The molecule has 0 radical (unpaired) electrons. The van der Waals surface area contributed by atoms with E-state index in [2.05, 4.69) is 4.72 Å². The van der Waals surface area contributed by atoms with Crippen LogP contribution in [0.4, 0.5) is 5.69 Å². The van der Waals surface area contributed by atoms with Crippen molar-refractivity contribution in [3.8, 4) is 11.5 Å². The average molecular weight is 372 g/mol. The van der Waals surface area contributed by atoms with Gasteiger partial charge in [0.05, 0.1) is 19.1 Å². The Kier molecular flexibility index (Phi) is 5.01. The third-order valence-corrected chi connectivity index (χ3v) is 5.54. The van der Waals surface area contributed by atoms with E-state index in [1.807, 2.05) is 0 Å². The zero-order valence-electron chi connectivity index (χ0n) is 14.5. The van der Waals surface area contributed by atoms with Gasteiger partial charge >= 0.3 is 0 Å². The SMILES string of the molecule is COc1cc(CNS(=O)(=O)c2cccc3c(N)cccc23)cc(OC)c1. The maximum Gasteiger partial charge on any atom is 0.241 e. The van der Waals surface area contributed by atoms with Gasteiger partial charge in [-0.2, -0.15) is 0 Å². The maximum absolute atomic E-state index is 12.8. The molecule has 0 bridgehead atoms. The fourth-order valence-electron chi connectivity index (χ4n) is 2.76. The van der Waals surface area contributed by atoms with E-state index in [0.29, 0.717) is 28.0 Å². The Bertz CT molecular complexity index is 1030. The highest BCUT2D eigenvalue weighted by atomic mass is 32.2. The number of anilines is 1. The van der Waals surface area contributed by atoms with Gasteiger partial charge in [0.15, 0.2) is 0 Å². The first-order chi connectivity index (χ1) is 12.4. The summed E-state index contributed by atoms with van der Waals surface area (Å²) in [7, 11) is -0.638. The topological polar surface area (TPSA) is 90.7 Å². The molecule has 7 heteroatoms. The Morgan fingerprint density at radius 2 is 1.54 bits per heavy atom. The van der Waals surface area contributed by atoms with Crippen molar-refractivity contribution >= 4 is 26.5 Å². The minimum atomic E-state index is -3.73. The number of hydrogen-bond acceptors (Lipinski definition) is 5. The van der Waals surface area contributed by atoms with Crippen LogP contribution in [0, 0.1) is 0 Å². The Balaban J connectivity index is 1.92. The Labute approximate surface area is 152 Å². The van der Waals surface area contributed by atoms with Crippen molar-refractivity contribution in [2.75, 3.05) is 20.0 Å². The molecule has 0 fully saturated rings. The summed E-state index contributed by atoms with van der Waals surface area (Å²) in [5.74, 6) is 1.19. The molecule has 0 spiro atoms. The Hall–Kier alpha value is -2.77. The van der Waals surface area contributed by atoms with Crippen LogP contribution in [0.5, 0.6) is 11.5 Å². The normalized spacial score (nSPS) is 11.5. The molecular formula is C19H20N2O4S. The average Bonchev–Trinajstić information content (AvgIpc) is 2.66. The lowest BCUT2D eigenvalue weighted by Crippen LogP contribution is -2.23. The smallest absolute Gasteiger partial charge is 0.241 e. The third-order valence-electron chi connectivity index (χ3n) is 4.08. The second-order valence-corrected chi connectivity index (χ2v) is 7.48. The number of methoxy groups -OCH3 is 2. The predicted octanol–water partition coefficient (Wildman–Crippen LogP) is 2.92. The molecule has 0 atom stereocenters. The monoisotopic (exact) mass is 372 g/mol. The Morgan fingerprint density at radius 3 is 2.19 bits per heavy atom. The van der Waals surface area contributed by atoms with Crippen molar-refractivity contribution < 1.29 is 17.9 Å². The molecule has 0 saturated heterocycles. The molecule has 3 aromatic carbocycles. The van der Waals surface area contributed by atoms with Crippen LogP contribution in [-0.4, -0.2) is 22.6 Å². The molecular weight excluding hydrogens is 352 g/mol. The second-order valence-electron chi connectivity index (χ2n) is 5.74. The molecule has 3 aromatic rings. The van der Waals surface area contributed by atoms with Crippen molar-refractivity contribution in [1.29, 1.82) is 0 Å². The number of fused-ring (bicyclic) bond motifs is 1. The molecule has 0 heterocycles. The number of benzene rings is 3. The maximum atomic E-state index is 12.8. The highest BCUT2D eigenvalue weighted by Gasteiger charge is 2.18. The first-order valence-electron chi connectivity index (χ1n) is 7.93. The van der Waals surface area contributed by atoms with E-state index in [9.17, 15) is 8.42 Å². The standard InChI is InChI=1S/C19H20N2O4S/c1-24-14-9-13(10-15(11-14)25-2)12-21-26(22,23)19-8-4-5-16-17(19)6-3-7-18(16)20/h3-11,21H,12,20H2,1-2H3. The highest BCUT2D eigenvalue weighted by molar-refractivity contribution is 7.89. The van der Waals surface area contributed by atoms with Crippen LogP contribution in [0.3, 0.4) is 0 Å². The van der Waals surface area contributed by atoms with E-state index in [1.165, 1.54) is 0 Å². The zero-order chi connectivity index (χ0) is 18.7. The molecule has 0 aromatic heterocycles. The quantitative estimate of drug-likeness (QED) is 0.649. The number of hydrogen-bond donors (Lipinski definition) is 2. The van der Waals surface area contributed by atoms with Crippen LogP contribution in [0.2, 0.25) is 0 Å². The minimum absolute atomic E-state index is 0.106. The molecule has 3 N–H and O–H groups in total. The van der Waals surface area contributed by atoms with Crippen LogP contribution >= 0.6 is 0 Å². The van der Waals surface area contributed by atoms with Gasteiger partial charge in [-0.15, -0.1) is 0 Å². The van der Waals surface area contributed by atoms with Gasteiger partial charge in [0.1, 0.15) is 11.5 Å². The van der Waals surface area contributed by atoms with Crippen molar-refractivity contribution in [2.45, 2.75) is 11.4 Å². The molecule has 6 nitrogen and oxygen atoms in total. The fraction of sp³-hybridized carbons (Fsp3) is 0.158. The number of nitrogens with one attached hydrogen (secondary N) is 1. The van der Waals surface area contributed by atoms with E-state index in [1.54, 1.807) is 68.8 Å². The van der Waals surface area contributed by atoms with Gasteiger partial charge in [-0.05, 0) is 29.8 Å². The van der Waals surface area contributed by atoms with E-state index < -0.39 is 10.0 Å². The molecule has 0 amide bonds. The summed E-state index contributed by atoms with van der Waals surface area (Å²) in [4.78, 5) is 0.192. The summed E-state index contributed by atoms with van der Waals surface area (Å²) in [5, 5.41) is 1.29. The zero-order valence-corrected chi connectivity index (χ0v) is 15.3. The summed E-state index contributed by atoms with van der Waals surface area (Å²) in [5.41, 5.74) is 7.22. The van der Waals surface area contributed by atoms with Gasteiger partial charge in [0.25, 0.3) is 0 Å². The van der Waals surface area contributed by atoms with Gasteiger partial charge < -0.3 is 15.2 Å². The Morgan fingerprint density at radius 1 is 0.923 bits per heavy atom. The summed E-state index contributed by atoms with van der Waals surface area (Å²) < 4.78 is 38.7. The van der Waals surface area contributed by atoms with Gasteiger partial charge in [0, 0.05) is 29.1 Å². The largest absolute Gasteiger partial charge is 0.497 e. The molecule has 0 unspecified atom stereocenters. The number of ether oxygens (including phenoxy) is 2. The van der Waals surface area contributed by atoms with E-state index in [4.69, 9.17) is 15.2 Å². The van der Waals surface area contributed by atoms with Crippen LogP contribution in [-0.2, 0) is 16.6 Å². The van der Waals surface area contributed by atoms with Gasteiger partial charge in [-0.3, -0.25) is 0 Å². The van der Waals surface area contributed by atoms with Gasteiger partial charge in [0.2, 0.25) is 10.0 Å². The number of nitrogen functional groups attached to an aromatic ring is 1. The molecule has 26 heavy (non-hydrogen) atoms. The lowest BCUT2D eigenvalue weighted by Gasteiger charge is -2.12. The third kappa shape index (κ3) is 3.58. The summed E-state index contributed by atoms with van der Waals surface area (Å²) >= 11 is 0. The van der Waals surface area contributed by atoms with Crippen LogP contribution in [0.1, 0.15) is 5.56 Å². The van der Waals surface area contributed by atoms with E-state index in [-0.39, 0.29) is 11.4 Å². The first-order valence-corrected chi connectivity index (χ1v) is 9.42. The summed E-state index contributed by atoms with van der Waals surface area (Å²) in [6, 6.07) is 15.5. The summed E-state index contributed by atoms with van der Waals surface area (Å²) in [6.07, 6.45) is 0. The van der Waals surface area contributed by atoms with Crippen molar-refractivity contribution in [3.05, 3.63) is 60.2 Å². The summed E-state index contributed by atoms with van der Waals surface area (Å²) in [6.45, 7) is 0.106. The first kappa shape index (κ1) is 18.0. The molecule has 0 saturated carbocycles. The van der Waals surface area contributed by atoms with E-state index >= 15 is 0 Å². The molecule has 0 aliphatic carbocycles. The minimum Gasteiger partial charge on any atom is -0.497 e. The lowest BCUT2D eigenvalue weighted by molar-refractivity contribution is 0.393. The molecule has 0 aliphatic heterocycles. The van der Waals surface area contributed by atoms with Crippen LogP contribution in [0.15, 0.2) is 59.5 Å². The molecule has 3 rings (SSSR count). The van der Waals surface area contributed by atoms with Crippen molar-refractivity contribution in [3.63, 3.8) is 0 Å². The second kappa shape index (κ2) is 7.23. The van der Waals surface area contributed by atoms with E-state index in [0.717, 1.165) is 5.56 Å². The number of rotatable bonds is 6. The van der Waals surface area contributed by atoms with Crippen LogP contribution < -0.4 is 19.9 Å². The number of sulfonamides is 1. The van der Waals surface area contributed by atoms with Crippen LogP contribution in [0.25, 0.3) is 10.8 Å². The lowest BCUT2D eigenvalue weighted by atomic mass is 10.1. The predicted molar refractivity (Wildman–Crippen MR) is 102 cm³/mol. The number of nitrogens with two attached hydrogens (primary N) is 1. The molecule has 136 valence electrons. The van der Waals surface area contributed by atoms with Gasteiger partial charge in [-0.25, -0.2) is 13.1 Å². The highest BCUT2D eigenvalue weighted by Crippen LogP contribution is 2.27. The van der Waals surface area contributed by atoms with Crippen molar-refractivity contribution in [1.82, 2.24) is 4.72 Å². The van der Waals surface area contributed by atoms with Crippen molar-refractivity contribution in [2.24, 2.45) is 0 Å².